The first kappa shape index (κ1) is 9.81. The molecule has 2 nitrogen and oxygen atoms in total. The van der Waals surface area contributed by atoms with Crippen molar-refractivity contribution in [1.29, 1.82) is 5.26 Å². The molecule has 1 aromatic carbocycles. The van der Waals surface area contributed by atoms with Gasteiger partial charge in [0.05, 0.1) is 10.6 Å². The Hall–Kier alpha value is -1.73. The Bertz CT molecular complexity index is 590. The minimum atomic E-state index is -1.08. The van der Waals surface area contributed by atoms with Crippen molar-refractivity contribution in [3.8, 4) is 6.07 Å². The van der Waals surface area contributed by atoms with E-state index in [9.17, 15) is 8.78 Å². The van der Waals surface area contributed by atoms with Crippen molar-refractivity contribution in [3.05, 3.63) is 40.7 Å². The second-order valence-electron chi connectivity index (χ2n) is 2.88. The van der Waals surface area contributed by atoms with Crippen LogP contribution in [0.1, 0.15) is 5.56 Å². The van der Waals surface area contributed by atoms with E-state index in [1.165, 1.54) is 12.4 Å². The molecule has 0 aliphatic carbocycles. The van der Waals surface area contributed by atoms with Gasteiger partial charge in [-0.3, -0.25) is 4.98 Å². The number of nitrogens with zero attached hydrogens (tertiary/aromatic N) is 2. The maximum Gasteiger partial charge on any atom is 0.168 e. The van der Waals surface area contributed by atoms with Crippen LogP contribution in [0.3, 0.4) is 0 Å². The van der Waals surface area contributed by atoms with E-state index in [0.29, 0.717) is 0 Å². The largest absolute Gasteiger partial charge is 0.263 e. The summed E-state index contributed by atoms with van der Waals surface area (Å²) in [5.41, 5.74) is -0.0357. The third-order valence-electron chi connectivity index (χ3n) is 2.01. The highest BCUT2D eigenvalue weighted by molar-refractivity contribution is 6.35. The van der Waals surface area contributed by atoms with Crippen molar-refractivity contribution < 1.29 is 8.78 Å². The van der Waals surface area contributed by atoms with Crippen LogP contribution in [-0.2, 0) is 0 Å². The number of aromatic nitrogens is 1. The molecule has 0 N–H and O–H groups in total. The van der Waals surface area contributed by atoms with Crippen LogP contribution in [0, 0.1) is 23.0 Å². The van der Waals surface area contributed by atoms with Gasteiger partial charge >= 0.3 is 0 Å². The van der Waals surface area contributed by atoms with Gasteiger partial charge in [0.1, 0.15) is 6.07 Å². The fourth-order valence-corrected chi connectivity index (χ4v) is 1.57. The van der Waals surface area contributed by atoms with Crippen LogP contribution in [0.4, 0.5) is 8.78 Å². The van der Waals surface area contributed by atoms with Gasteiger partial charge in [-0.15, -0.1) is 0 Å². The van der Waals surface area contributed by atoms with Crippen LogP contribution in [0.2, 0.25) is 5.02 Å². The van der Waals surface area contributed by atoms with E-state index in [1.54, 1.807) is 6.07 Å². The lowest BCUT2D eigenvalue weighted by atomic mass is 10.1. The van der Waals surface area contributed by atoms with Crippen LogP contribution in [-0.4, -0.2) is 4.98 Å². The molecule has 0 saturated heterocycles. The highest BCUT2D eigenvalue weighted by Crippen LogP contribution is 2.29. The molecule has 0 saturated carbocycles. The minimum Gasteiger partial charge on any atom is -0.263 e. The Morgan fingerprint density at radius 2 is 2.07 bits per heavy atom. The molecule has 0 amide bonds. The molecule has 0 atom stereocenters. The standard InChI is InChI=1S/C10H3ClF2N2/c11-7-1-8(12)10(13)9-5(2-14)3-15-4-6(7)9/h1,3-4H. The van der Waals surface area contributed by atoms with Crippen LogP contribution in [0.25, 0.3) is 10.8 Å². The molecule has 1 heterocycles. The van der Waals surface area contributed by atoms with Gasteiger partial charge in [0, 0.05) is 23.2 Å². The number of fused-ring (bicyclic) bond motifs is 1. The maximum absolute atomic E-state index is 13.4. The highest BCUT2D eigenvalue weighted by Gasteiger charge is 2.14. The lowest BCUT2D eigenvalue weighted by Gasteiger charge is -2.03. The third-order valence-corrected chi connectivity index (χ3v) is 2.32. The van der Waals surface area contributed by atoms with Crippen LogP contribution < -0.4 is 0 Å². The molecule has 0 spiro atoms. The monoisotopic (exact) mass is 224 g/mol. The van der Waals surface area contributed by atoms with E-state index < -0.39 is 11.6 Å². The lowest BCUT2D eigenvalue weighted by Crippen LogP contribution is -1.92. The van der Waals surface area contributed by atoms with Gasteiger partial charge in [0.2, 0.25) is 0 Å². The summed E-state index contributed by atoms with van der Waals surface area (Å²) in [5, 5.41) is 8.86. The Balaban J connectivity index is 3.05. The summed E-state index contributed by atoms with van der Waals surface area (Å²) in [6.45, 7) is 0. The summed E-state index contributed by atoms with van der Waals surface area (Å²) >= 11 is 5.71. The van der Waals surface area contributed by atoms with E-state index in [4.69, 9.17) is 16.9 Å². The SMILES string of the molecule is N#Cc1cncc2c(Cl)cc(F)c(F)c12. The number of halogens is 3. The first-order valence-corrected chi connectivity index (χ1v) is 4.34. The van der Waals surface area contributed by atoms with Gasteiger partial charge in [0.15, 0.2) is 11.6 Å². The third kappa shape index (κ3) is 1.41. The van der Waals surface area contributed by atoms with E-state index in [-0.39, 0.29) is 21.4 Å². The predicted molar refractivity (Wildman–Crippen MR) is 51.4 cm³/mol. The van der Waals surface area contributed by atoms with Crippen molar-refractivity contribution in [2.45, 2.75) is 0 Å². The van der Waals surface area contributed by atoms with Crippen molar-refractivity contribution in [2.75, 3.05) is 0 Å². The molecule has 74 valence electrons. The first-order chi connectivity index (χ1) is 7.15. The Morgan fingerprint density at radius 3 is 2.73 bits per heavy atom. The molecule has 0 unspecified atom stereocenters. The Morgan fingerprint density at radius 1 is 1.33 bits per heavy atom. The highest BCUT2D eigenvalue weighted by atomic mass is 35.5. The average Bonchev–Trinajstić information content (AvgIpc) is 2.25. The zero-order valence-corrected chi connectivity index (χ0v) is 8.02. The molecular formula is C10H3ClF2N2. The van der Waals surface area contributed by atoms with Gasteiger partial charge in [-0.2, -0.15) is 5.26 Å². The van der Waals surface area contributed by atoms with Gasteiger partial charge in [-0.05, 0) is 6.07 Å². The second kappa shape index (κ2) is 3.44. The second-order valence-corrected chi connectivity index (χ2v) is 3.28. The smallest absolute Gasteiger partial charge is 0.168 e. The number of hydrogen-bond donors (Lipinski definition) is 0. The molecule has 0 radical (unpaired) electrons. The zero-order chi connectivity index (χ0) is 11.0. The molecule has 0 fully saturated rings. The number of rotatable bonds is 0. The predicted octanol–water partition coefficient (Wildman–Crippen LogP) is 3.04. The molecule has 0 bridgehead atoms. The van der Waals surface area contributed by atoms with Gasteiger partial charge in [-0.1, -0.05) is 11.6 Å². The summed E-state index contributed by atoms with van der Waals surface area (Å²) in [4.78, 5) is 3.72. The number of hydrogen-bond acceptors (Lipinski definition) is 2. The number of nitriles is 1. The minimum absolute atomic E-state index is 0.0356. The first-order valence-electron chi connectivity index (χ1n) is 3.96. The topological polar surface area (TPSA) is 36.7 Å². The van der Waals surface area contributed by atoms with E-state index in [0.717, 1.165) is 6.07 Å². The fourth-order valence-electron chi connectivity index (χ4n) is 1.33. The van der Waals surface area contributed by atoms with Crippen molar-refractivity contribution in [3.63, 3.8) is 0 Å². The lowest BCUT2D eigenvalue weighted by molar-refractivity contribution is 0.517. The van der Waals surface area contributed by atoms with E-state index >= 15 is 0 Å². The van der Waals surface area contributed by atoms with Gasteiger partial charge in [0.25, 0.3) is 0 Å². The molecule has 2 aromatic rings. The molecule has 5 heteroatoms. The Kier molecular flexibility index (Phi) is 2.25. The van der Waals surface area contributed by atoms with Crippen LogP contribution in [0.5, 0.6) is 0 Å². The fraction of sp³-hybridized carbons (Fsp3) is 0. The summed E-state index contributed by atoms with van der Waals surface area (Å²) in [7, 11) is 0. The Labute approximate surface area is 88.7 Å². The normalized spacial score (nSPS) is 10.3. The summed E-state index contributed by atoms with van der Waals surface area (Å²) in [6.07, 6.45) is 2.46. The average molecular weight is 225 g/mol. The molecule has 0 aliphatic heterocycles. The quantitative estimate of drug-likeness (QED) is 0.645. The summed E-state index contributed by atoms with van der Waals surface area (Å²) < 4.78 is 26.4. The maximum atomic E-state index is 13.4. The van der Waals surface area contributed by atoms with Crippen molar-refractivity contribution >= 4 is 22.4 Å². The zero-order valence-electron chi connectivity index (χ0n) is 7.26. The molecule has 1 aromatic heterocycles. The van der Waals surface area contributed by atoms with Gasteiger partial charge in [-0.25, -0.2) is 8.78 Å². The molecule has 0 aliphatic rings. The molecule has 2 rings (SSSR count). The van der Waals surface area contributed by atoms with Gasteiger partial charge < -0.3 is 0 Å². The van der Waals surface area contributed by atoms with E-state index in [2.05, 4.69) is 4.98 Å². The summed E-state index contributed by atoms with van der Waals surface area (Å²) in [6, 6.07) is 2.60. The van der Waals surface area contributed by atoms with Crippen molar-refractivity contribution in [2.24, 2.45) is 0 Å². The molecule has 15 heavy (non-hydrogen) atoms. The number of benzene rings is 1. The van der Waals surface area contributed by atoms with E-state index in [1.807, 2.05) is 0 Å². The van der Waals surface area contributed by atoms with Crippen LogP contribution >= 0.6 is 11.6 Å². The number of pyridine rings is 1. The van der Waals surface area contributed by atoms with Crippen LogP contribution in [0.15, 0.2) is 18.5 Å². The summed E-state index contributed by atoms with van der Waals surface area (Å²) in [5.74, 6) is -2.15. The van der Waals surface area contributed by atoms with Crippen molar-refractivity contribution in [1.82, 2.24) is 4.98 Å². The molecular weight excluding hydrogens is 222 g/mol.